The van der Waals surface area contributed by atoms with Gasteiger partial charge in [0.2, 0.25) is 0 Å². The molecule has 1 aromatic carbocycles. The molecule has 1 amide bonds. The van der Waals surface area contributed by atoms with Crippen molar-refractivity contribution in [1.82, 2.24) is 15.2 Å². The summed E-state index contributed by atoms with van der Waals surface area (Å²) in [6.45, 7) is 6.13. The lowest BCUT2D eigenvalue weighted by atomic mass is 10.1. The molecule has 1 unspecified atom stereocenters. The van der Waals surface area contributed by atoms with E-state index in [0.29, 0.717) is 23.3 Å². The lowest BCUT2D eigenvalue weighted by Gasteiger charge is -2.34. The Hall–Kier alpha value is -2.01. The zero-order chi connectivity index (χ0) is 15.0. The van der Waals surface area contributed by atoms with E-state index < -0.39 is 0 Å². The van der Waals surface area contributed by atoms with Crippen molar-refractivity contribution in [3.05, 3.63) is 41.3 Å². The summed E-state index contributed by atoms with van der Waals surface area (Å²) in [5, 5.41) is 4.06. The summed E-state index contributed by atoms with van der Waals surface area (Å²) < 4.78 is 13.2. The molecule has 1 N–H and O–H groups in total. The molecule has 4 nitrogen and oxygen atoms in total. The Morgan fingerprint density at radius 2 is 2.24 bits per heavy atom. The van der Waals surface area contributed by atoms with E-state index in [9.17, 15) is 9.18 Å². The van der Waals surface area contributed by atoms with Crippen LogP contribution in [0.25, 0.3) is 10.9 Å². The molecule has 1 fully saturated rings. The summed E-state index contributed by atoms with van der Waals surface area (Å²) in [5.74, 6) is -0.315. The van der Waals surface area contributed by atoms with Gasteiger partial charge in [0.1, 0.15) is 5.82 Å². The molecule has 0 saturated carbocycles. The molecule has 110 valence electrons. The van der Waals surface area contributed by atoms with Gasteiger partial charge in [0, 0.05) is 37.1 Å². The summed E-state index contributed by atoms with van der Waals surface area (Å²) in [6, 6.07) is 6.42. The van der Waals surface area contributed by atoms with Crippen LogP contribution in [0.4, 0.5) is 4.39 Å². The number of benzene rings is 1. The number of hydrogen-bond acceptors (Lipinski definition) is 3. The van der Waals surface area contributed by atoms with E-state index >= 15 is 0 Å². The lowest BCUT2D eigenvalue weighted by Crippen LogP contribution is -2.52. The van der Waals surface area contributed by atoms with Crippen LogP contribution < -0.4 is 5.32 Å². The number of aromatic nitrogens is 1. The second kappa shape index (κ2) is 5.41. The van der Waals surface area contributed by atoms with Crippen molar-refractivity contribution in [2.75, 3.05) is 19.6 Å². The number of piperazine rings is 1. The fraction of sp³-hybridized carbons (Fsp3) is 0.375. The van der Waals surface area contributed by atoms with E-state index in [1.165, 1.54) is 12.1 Å². The number of nitrogens with one attached hydrogen (secondary N) is 1. The van der Waals surface area contributed by atoms with E-state index in [-0.39, 0.29) is 17.8 Å². The first-order valence-corrected chi connectivity index (χ1v) is 7.15. The predicted molar refractivity (Wildman–Crippen MR) is 79.8 cm³/mol. The smallest absolute Gasteiger partial charge is 0.256 e. The van der Waals surface area contributed by atoms with Crippen molar-refractivity contribution >= 4 is 16.8 Å². The minimum atomic E-state index is -0.316. The number of rotatable bonds is 1. The number of hydrogen-bond donors (Lipinski definition) is 1. The number of carbonyl (C=O) groups is 1. The van der Waals surface area contributed by atoms with Gasteiger partial charge < -0.3 is 10.2 Å². The summed E-state index contributed by atoms with van der Waals surface area (Å²) in [5.41, 5.74) is 1.82. The largest absolute Gasteiger partial charge is 0.333 e. The number of amides is 1. The Balaban J connectivity index is 2.01. The number of aryl methyl sites for hydroxylation is 1. The molecule has 21 heavy (non-hydrogen) atoms. The van der Waals surface area contributed by atoms with Crippen LogP contribution in [0.15, 0.2) is 24.3 Å². The summed E-state index contributed by atoms with van der Waals surface area (Å²) >= 11 is 0. The predicted octanol–water partition coefficient (Wildman–Crippen LogP) is 2.12. The van der Waals surface area contributed by atoms with Gasteiger partial charge in [0.25, 0.3) is 5.91 Å². The zero-order valence-corrected chi connectivity index (χ0v) is 12.2. The summed E-state index contributed by atoms with van der Waals surface area (Å²) in [6.07, 6.45) is 0. The number of carbonyl (C=O) groups excluding carboxylic acids is 1. The maximum atomic E-state index is 13.2. The van der Waals surface area contributed by atoms with Gasteiger partial charge in [-0.25, -0.2) is 4.39 Å². The first kappa shape index (κ1) is 13.9. The van der Waals surface area contributed by atoms with Crippen LogP contribution in [0.1, 0.15) is 23.0 Å². The van der Waals surface area contributed by atoms with Gasteiger partial charge in [0.05, 0.1) is 16.8 Å². The quantitative estimate of drug-likeness (QED) is 0.874. The van der Waals surface area contributed by atoms with Crippen molar-refractivity contribution in [2.45, 2.75) is 19.9 Å². The van der Waals surface area contributed by atoms with Crippen LogP contribution in [0.5, 0.6) is 0 Å². The SMILES string of the molecule is Cc1nc2cc(F)ccc2cc1C(=O)N1CCNCC1C. The van der Waals surface area contributed by atoms with Gasteiger partial charge in [0.15, 0.2) is 0 Å². The second-order valence-corrected chi connectivity index (χ2v) is 5.51. The molecule has 3 rings (SSSR count). The van der Waals surface area contributed by atoms with Crippen LogP contribution in [-0.2, 0) is 0 Å². The standard InChI is InChI=1S/C16H18FN3O/c1-10-9-18-5-6-20(10)16(21)14-7-12-3-4-13(17)8-15(12)19-11(14)2/h3-4,7-8,10,18H,5-6,9H2,1-2H3. The third-order valence-electron chi connectivity index (χ3n) is 3.96. The Morgan fingerprint density at radius 3 is 3.00 bits per heavy atom. The molecule has 5 heteroatoms. The molecule has 0 radical (unpaired) electrons. The zero-order valence-electron chi connectivity index (χ0n) is 12.2. The molecule has 1 aliphatic heterocycles. The molecular weight excluding hydrogens is 269 g/mol. The van der Waals surface area contributed by atoms with Crippen LogP contribution in [0.2, 0.25) is 0 Å². The van der Waals surface area contributed by atoms with Gasteiger partial charge >= 0.3 is 0 Å². The number of pyridine rings is 1. The van der Waals surface area contributed by atoms with Crippen LogP contribution in [0, 0.1) is 12.7 Å². The average molecular weight is 287 g/mol. The van der Waals surface area contributed by atoms with Crippen molar-refractivity contribution in [3.8, 4) is 0 Å². The molecule has 0 spiro atoms. The fourth-order valence-electron chi connectivity index (χ4n) is 2.75. The van der Waals surface area contributed by atoms with E-state index in [1.54, 1.807) is 13.0 Å². The highest BCUT2D eigenvalue weighted by Gasteiger charge is 2.25. The van der Waals surface area contributed by atoms with E-state index in [4.69, 9.17) is 0 Å². The van der Waals surface area contributed by atoms with Crippen molar-refractivity contribution in [3.63, 3.8) is 0 Å². The lowest BCUT2D eigenvalue weighted by molar-refractivity contribution is 0.0654. The van der Waals surface area contributed by atoms with Crippen LogP contribution in [-0.4, -0.2) is 41.5 Å². The average Bonchev–Trinajstić information content (AvgIpc) is 2.46. The van der Waals surface area contributed by atoms with E-state index in [1.807, 2.05) is 17.9 Å². The van der Waals surface area contributed by atoms with Crippen LogP contribution in [0.3, 0.4) is 0 Å². The number of nitrogens with zero attached hydrogens (tertiary/aromatic N) is 2. The minimum absolute atomic E-state index is 0.000208. The molecule has 2 heterocycles. The normalized spacial score (nSPS) is 19.0. The van der Waals surface area contributed by atoms with Crippen molar-refractivity contribution < 1.29 is 9.18 Å². The maximum Gasteiger partial charge on any atom is 0.256 e. The Morgan fingerprint density at radius 1 is 1.43 bits per heavy atom. The molecule has 0 bridgehead atoms. The van der Waals surface area contributed by atoms with E-state index in [0.717, 1.165) is 18.5 Å². The Bertz CT molecular complexity index is 701. The molecule has 2 aromatic rings. The topological polar surface area (TPSA) is 45.2 Å². The van der Waals surface area contributed by atoms with Gasteiger partial charge in [-0.15, -0.1) is 0 Å². The van der Waals surface area contributed by atoms with Crippen molar-refractivity contribution in [1.29, 1.82) is 0 Å². The second-order valence-electron chi connectivity index (χ2n) is 5.51. The third-order valence-corrected chi connectivity index (χ3v) is 3.96. The Kier molecular flexibility index (Phi) is 3.59. The summed E-state index contributed by atoms with van der Waals surface area (Å²) in [4.78, 5) is 19.0. The van der Waals surface area contributed by atoms with Gasteiger partial charge in [-0.2, -0.15) is 0 Å². The van der Waals surface area contributed by atoms with Gasteiger partial charge in [-0.05, 0) is 32.0 Å². The van der Waals surface area contributed by atoms with E-state index in [2.05, 4.69) is 10.3 Å². The molecule has 0 aliphatic carbocycles. The maximum absolute atomic E-state index is 13.2. The highest BCUT2D eigenvalue weighted by molar-refractivity contribution is 5.98. The Labute approximate surface area is 123 Å². The highest BCUT2D eigenvalue weighted by atomic mass is 19.1. The molecule has 1 saturated heterocycles. The summed E-state index contributed by atoms with van der Waals surface area (Å²) in [7, 11) is 0. The number of fused-ring (bicyclic) bond motifs is 1. The van der Waals surface area contributed by atoms with Gasteiger partial charge in [-0.3, -0.25) is 9.78 Å². The monoisotopic (exact) mass is 287 g/mol. The molecule has 1 aliphatic rings. The minimum Gasteiger partial charge on any atom is -0.333 e. The highest BCUT2D eigenvalue weighted by Crippen LogP contribution is 2.20. The van der Waals surface area contributed by atoms with Gasteiger partial charge in [-0.1, -0.05) is 0 Å². The first-order chi connectivity index (χ1) is 10.1. The molecule has 1 atom stereocenters. The molecule has 1 aromatic heterocycles. The first-order valence-electron chi connectivity index (χ1n) is 7.15. The number of halogens is 1. The van der Waals surface area contributed by atoms with Crippen molar-refractivity contribution in [2.24, 2.45) is 0 Å². The fourth-order valence-corrected chi connectivity index (χ4v) is 2.75. The van der Waals surface area contributed by atoms with Crippen LogP contribution >= 0.6 is 0 Å². The third kappa shape index (κ3) is 2.61. The molecular formula is C16H18FN3O.